The number of benzene rings is 1. The van der Waals surface area contributed by atoms with Crippen molar-refractivity contribution in [2.24, 2.45) is 0 Å². The normalized spacial score (nSPS) is 15.6. The van der Waals surface area contributed by atoms with E-state index in [2.05, 4.69) is 20.4 Å². The van der Waals surface area contributed by atoms with Gasteiger partial charge in [0.2, 0.25) is 17.2 Å². The van der Waals surface area contributed by atoms with Crippen LogP contribution in [0.15, 0.2) is 51.9 Å². The van der Waals surface area contributed by atoms with Crippen LogP contribution in [0.3, 0.4) is 0 Å². The summed E-state index contributed by atoms with van der Waals surface area (Å²) < 4.78 is 12.7. The second-order valence-corrected chi connectivity index (χ2v) is 8.55. The molecule has 1 aromatic carbocycles. The van der Waals surface area contributed by atoms with Gasteiger partial charge in [-0.1, -0.05) is 35.0 Å². The number of rotatable bonds is 6. The van der Waals surface area contributed by atoms with E-state index in [-0.39, 0.29) is 35.4 Å². The molecule has 1 atom stereocenters. The van der Waals surface area contributed by atoms with Gasteiger partial charge in [0.15, 0.2) is 0 Å². The highest BCUT2D eigenvalue weighted by molar-refractivity contribution is 5.83. The van der Waals surface area contributed by atoms with Gasteiger partial charge in [-0.15, -0.1) is 0 Å². The number of hydrogen-bond acceptors (Lipinski definition) is 7. The van der Waals surface area contributed by atoms with E-state index < -0.39 is 0 Å². The fraction of sp³-hybridized carbons (Fsp3) is 0.320. The summed E-state index contributed by atoms with van der Waals surface area (Å²) in [6.45, 7) is 5.01. The van der Waals surface area contributed by atoms with Gasteiger partial charge >= 0.3 is 0 Å². The molecule has 0 bridgehead atoms. The Morgan fingerprint density at radius 3 is 2.74 bits per heavy atom. The maximum absolute atomic E-state index is 13.3. The van der Waals surface area contributed by atoms with Crippen molar-refractivity contribution in [1.82, 2.24) is 25.0 Å². The SMILES string of the molecule is Cc1ccc(-c2noc(-c3cn(CC(=O)NCC4CCCO4)c4nc(C)ccc4c3=O)n2)cc1. The lowest BCUT2D eigenvalue weighted by Crippen LogP contribution is -2.34. The first-order valence-corrected chi connectivity index (χ1v) is 11.3. The number of nitrogens with zero attached hydrogens (tertiary/aromatic N) is 4. The molecular weight excluding hydrogens is 434 g/mol. The lowest BCUT2D eigenvalue weighted by Gasteiger charge is -2.14. The molecule has 1 aliphatic rings. The molecule has 5 rings (SSSR count). The molecule has 0 radical (unpaired) electrons. The standard InChI is InChI=1S/C25H25N5O4/c1-15-5-8-17(9-6-15)23-28-25(34-29-23)20-13-30(14-21(31)26-12-18-4-3-11-33-18)24-19(22(20)32)10-7-16(2)27-24/h5-10,13,18H,3-4,11-12,14H2,1-2H3,(H,26,31). The zero-order valence-corrected chi connectivity index (χ0v) is 19.1. The Balaban J connectivity index is 1.49. The minimum atomic E-state index is -0.280. The Morgan fingerprint density at radius 1 is 1.15 bits per heavy atom. The van der Waals surface area contributed by atoms with E-state index in [4.69, 9.17) is 9.26 Å². The second kappa shape index (κ2) is 9.18. The summed E-state index contributed by atoms with van der Waals surface area (Å²) in [5.41, 5.74) is 3.01. The van der Waals surface area contributed by atoms with E-state index in [9.17, 15) is 9.59 Å². The average Bonchev–Trinajstić information content (AvgIpc) is 3.52. The smallest absolute Gasteiger partial charge is 0.263 e. The predicted molar refractivity (Wildman–Crippen MR) is 126 cm³/mol. The molecule has 1 fully saturated rings. The summed E-state index contributed by atoms with van der Waals surface area (Å²) >= 11 is 0. The number of fused-ring (bicyclic) bond motifs is 1. The molecule has 34 heavy (non-hydrogen) atoms. The van der Waals surface area contributed by atoms with E-state index in [0.717, 1.165) is 36.3 Å². The quantitative estimate of drug-likeness (QED) is 0.472. The van der Waals surface area contributed by atoms with Crippen molar-refractivity contribution in [2.45, 2.75) is 39.3 Å². The summed E-state index contributed by atoms with van der Waals surface area (Å²) in [5, 5.41) is 7.34. The first kappa shape index (κ1) is 22.0. The number of amides is 1. The Kier molecular flexibility index (Phi) is 5.93. The van der Waals surface area contributed by atoms with Gasteiger partial charge in [-0.2, -0.15) is 4.98 Å². The summed E-state index contributed by atoms with van der Waals surface area (Å²) in [4.78, 5) is 34.9. The molecule has 1 saturated heterocycles. The number of aryl methyl sites for hydroxylation is 2. The van der Waals surface area contributed by atoms with Gasteiger partial charge < -0.3 is 19.1 Å². The van der Waals surface area contributed by atoms with Crippen molar-refractivity contribution < 1.29 is 14.1 Å². The van der Waals surface area contributed by atoms with Crippen LogP contribution in [-0.4, -0.2) is 44.9 Å². The third-order valence-corrected chi connectivity index (χ3v) is 5.89. The number of pyridine rings is 2. The van der Waals surface area contributed by atoms with Crippen LogP contribution in [0.1, 0.15) is 24.1 Å². The van der Waals surface area contributed by atoms with E-state index in [1.807, 2.05) is 38.1 Å². The topological polar surface area (TPSA) is 112 Å². The maximum atomic E-state index is 13.3. The molecule has 1 aliphatic heterocycles. The van der Waals surface area contributed by atoms with Crippen LogP contribution in [-0.2, 0) is 16.1 Å². The first-order chi connectivity index (χ1) is 16.5. The minimum Gasteiger partial charge on any atom is -0.376 e. The number of aromatic nitrogens is 4. The van der Waals surface area contributed by atoms with Crippen molar-refractivity contribution >= 4 is 16.9 Å². The Morgan fingerprint density at radius 2 is 1.97 bits per heavy atom. The average molecular weight is 460 g/mol. The number of carbonyl (C=O) groups excluding carboxylic acids is 1. The van der Waals surface area contributed by atoms with E-state index in [0.29, 0.717) is 23.4 Å². The molecule has 0 saturated carbocycles. The molecule has 9 nitrogen and oxygen atoms in total. The van der Waals surface area contributed by atoms with Gasteiger partial charge in [0.1, 0.15) is 17.8 Å². The molecular formula is C25H25N5O4. The predicted octanol–water partition coefficient (Wildman–Crippen LogP) is 3.03. The second-order valence-electron chi connectivity index (χ2n) is 8.55. The molecule has 4 heterocycles. The summed E-state index contributed by atoms with van der Waals surface area (Å²) in [5.74, 6) is 0.287. The van der Waals surface area contributed by atoms with E-state index in [1.54, 1.807) is 22.9 Å². The Labute approximate surface area is 195 Å². The largest absolute Gasteiger partial charge is 0.376 e. The lowest BCUT2D eigenvalue weighted by atomic mass is 10.1. The summed E-state index contributed by atoms with van der Waals surface area (Å²) in [6.07, 6.45) is 3.55. The molecule has 0 aliphatic carbocycles. The lowest BCUT2D eigenvalue weighted by molar-refractivity contribution is -0.122. The zero-order chi connectivity index (χ0) is 23.7. The van der Waals surface area contributed by atoms with Gasteiger partial charge in [0.05, 0.1) is 11.5 Å². The minimum absolute atomic E-state index is 0.00803. The monoisotopic (exact) mass is 459 g/mol. The third kappa shape index (κ3) is 4.47. The maximum Gasteiger partial charge on any atom is 0.263 e. The Hall–Kier alpha value is -3.85. The zero-order valence-electron chi connectivity index (χ0n) is 19.1. The molecule has 1 amide bonds. The molecule has 1 unspecified atom stereocenters. The van der Waals surface area contributed by atoms with Crippen LogP contribution in [0.2, 0.25) is 0 Å². The van der Waals surface area contributed by atoms with Gasteiger partial charge in [-0.05, 0) is 38.8 Å². The molecule has 0 spiro atoms. The van der Waals surface area contributed by atoms with Crippen LogP contribution in [0.4, 0.5) is 0 Å². The fourth-order valence-electron chi connectivity index (χ4n) is 4.03. The fourth-order valence-corrected chi connectivity index (χ4v) is 4.03. The van der Waals surface area contributed by atoms with Crippen molar-refractivity contribution in [3.05, 3.63) is 64.1 Å². The van der Waals surface area contributed by atoms with Gasteiger partial charge in [0.25, 0.3) is 5.89 Å². The third-order valence-electron chi connectivity index (χ3n) is 5.89. The summed E-state index contributed by atoms with van der Waals surface area (Å²) in [7, 11) is 0. The van der Waals surface area contributed by atoms with Crippen LogP contribution in [0.25, 0.3) is 33.9 Å². The number of carbonyl (C=O) groups is 1. The van der Waals surface area contributed by atoms with Crippen LogP contribution in [0.5, 0.6) is 0 Å². The van der Waals surface area contributed by atoms with Crippen molar-refractivity contribution in [1.29, 1.82) is 0 Å². The molecule has 3 aromatic heterocycles. The molecule has 174 valence electrons. The van der Waals surface area contributed by atoms with E-state index in [1.165, 1.54) is 0 Å². The first-order valence-electron chi connectivity index (χ1n) is 11.3. The highest BCUT2D eigenvalue weighted by atomic mass is 16.5. The van der Waals surface area contributed by atoms with Crippen LogP contribution >= 0.6 is 0 Å². The van der Waals surface area contributed by atoms with Crippen molar-refractivity contribution in [3.63, 3.8) is 0 Å². The molecule has 9 heteroatoms. The number of ether oxygens (including phenoxy) is 1. The van der Waals surface area contributed by atoms with Gasteiger partial charge in [-0.25, -0.2) is 4.98 Å². The van der Waals surface area contributed by atoms with Crippen molar-refractivity contribution in [2.75, 3.05) is 13.2 Å². The number of hydrogen-bond donors (Lipinski definition) is 1. The number of nitrogens with one attached hydrogen (secondary N) is 1. The highest BCUT2D eigenvalue weighted by Crippen LogP contribution is 2.22. The van der Waals surface area contributed by atoms with E-state index >= 15 is 0 Å². The molecule has 4 aromatic rings. The van der Waals surface area contributed by atoms with Crippen LogP contribution in [0, 0.1) is 13.8 Å². The van der Waals surface area contributed by atoms with Crippen molar-refractivity contribution in [3.8, 4) is 22.8 Å². The van der Waals surface area contributed by atoms with Crippen LogP contribution < -0.4 is 10.7 Å². The van der Waals surface area contributed by atoms with Gasteiger partial charge in [0, 0.05) is 30.6 Å². The Bertz CT molecular complexity index is 1400. The van der Waals surface area contributed by atoms with Gasteiger partial charge in [-0.3, -0.25) is 9.59 Å². The highest BCUT2D eigenvalue weighted by Gasteiger charge is 2.20. The molecule has 1 N–H and O–H groups in total. The summed E-state index contributed by atoms with van der Waals surface area (Å²) in [6, 6.07) is 11.2.